The fourth-order valence-electron chi connectivity index (χ4n) is 5.22. The predicted molar refractivity (Wildman–Crippen MR) is 188 cm³/mol. The molecule has 45 heavy (non-hydrogen) atoms. The minimum atomic E-state index is -0.615. The van der Waals surface area contributed by atoms with Crippen LogP contribution in [0.25, 0.3) is 0 Å². The van der Waals surface area contributed by atoms with Crippen LogP contribution in [0, 0.1) is 0 Å². The van der Waals surface area contributed by atoms with Crippen molar-refractivity contribution in [2.75, 3.05) is 19.8 Å². The Hall–Kier alpha value is -2.87. The van der Waals surface area contributed by atoms with E-state index in [-0.39, 0.29) is 0 Å². The SMILES string of the molecule is CCCCCCOc1ccc(B2OB(c3ccc(OCCCCCC)cc3)OB(c3ccc(OCCCCCC)cc3)O2)cc1. The Labute approximate surface area is 272 Å². The number of hydrogen-bond acceptors (Lipinski definition) is 6. The molecule has 1 fully saturated rings. The first kappa shape index (κ1) is 35.0. The summed E-state index contributed by atoms with van der Waals surface area (Å²) >= 11 is 0. The summed E-state index contributed by atoms with van der Waals surface area (Å²) in [7, 11) is -1.84. The molecule has 0 aliphatic carbocycles. The summed E-state index contributed by atoms with van der Waals surface area (Å²) in [5.41, 5.74) is 2.72. The van der Waals surface area contributed by atoms with Crippen molar-refractivity contribution in [3.8, 4) is 17.2 Å². The molecule has 0 amide bonds. The number of benzene rings is 3. The molecular weight excluding hydrogens is 561 g/mol. The van der Waals surface area contributed by atoms with Crippen molar-refractivity contribution in [3.63, 3.8) is 0 Å². The van der Waals surface area contributed by atoms with Gasteiger partial charge in [0.15, 0.2) is 0 Å². The smallest absolute Gasteiger partial charge is 0.467 e. The van der Waals surface area contributed by atoms with Crippen molar-refractivity contribution < 1.29 is 27.9 Å². The number of ether oxygens (including phenoxy) is 3. The summed E-state index contributed by atoms with van der Waals surface area (Å²) in [6.45, 7) is 8.83. The van der Waals surface area contributed by atoms with E-state index in [1.165, 1.54) is 57.8 Å². The highest BCUT2D eigenvalue weighted by molar-refractivity contribution is 6.87. The molecular formula is C36H51B3O6. The second-order valence-corrected chi connectivity index (χ2v) is 11.8. The normalized spacial score (nSPS) is 13.3. The topological polar surface area (TPSA) is 55.4 Å². The van der Waals surface area contributed by atoms with Crippen LogP contribution in [0.2, 0.25) is 0 Å². The lowest BCUT2D eigenvalue weighted by molar-refractivity contribution is 0.304. The van der Waals surface area contributed by atoms with Crippen LogP contribution < -0.4 is 30.6 Å². The van der Waals surface area contributed by atoms with Gasteiger partial charge in [0.05, 0.1) is 19.8 Å². The predicted octanol–water partition coefficient (Wildman–Crippen LogP) is 7.11. The van der Waals surface area contributed by atoms with Crippen LogP contribution in [-0.4, -0.2) is 41.2 Å². The molecule has 0 bridgehead atoms. The first-order chi connectivity index (χ1) is 22.2. The van der Waals surface area contributed by atoms with E-state index in [1.807, 2.05) is 72.8 Å². The lowest BCUT2D eigenvalue weighted by Crippen LogP contribution is -2.61. The van der Waals surface area contributed by atoms with Crippen molar-refractivity contribution in [1.82, 2.24) is 0 Å². The van der Waals surface area contributed by atoms with Gasteiger partial charge in [0.2, 0.25) is 0 Å². The average Bonchev–Trinajstić information content (AvgIpc) is 3.08. The Morgan fingerprint density at radius 3 is 0.889 bits per heavy atom. The van der Waals surface area contributed by atoms with Crippen LogP contribution in [0.1, 0.15) is 97.8 Å². The fraction of sp³-hybridized carbons (Fsp3) is 0.500. The standard InChI is InChI=1S/C36H51B3O6/c1-4-7-10-13-28-40-34-22-16-31(17-23-34)37-43-38(32-18-24-35(25-19-32)41-29-14-11-8-5-2)45-39(44-37)33-20-26-36(27-21-33)42-30-15-12-9-6-3/h16-27H,4-15,28-30H2,1-3H3. The molecule has 0 unspecified atom stereocenters. The Kier molecular flexibility index (Phi) is 15.8. The van der Waals surface area contributed by atoms with Crippen molar-refractivity contribution in [1.29, 1.82) is 0 Å². The van der Waals surface area contributed by atoms with Gasteiger partial charge < -0.3 is 27.9 Å². The lowest BCUT2D eigenvalue weighted by atomic mass is 9.61. The van der Waals surface area contributed by atoms with Gasteiger partial charge in [-0.2, -0.15) is 0 Å². The minimum absolute atomic E-state index is 0.615. The summed E-state index contributed by atoms with van der Waals surface area (Å²) in [5, 5.41) is 0. The van der Waals surface area contributed by atoms with Gasteiger partial charge in [-0.15, -0.1) is 0 Å². The van der Waals surface area contributed by atoms with E-state index >= 15 is 0 Å². The van der Waals surface area contributed by atoms with Crippen LogP contribution >= 0.6 is 0 Å². The lowest BCUT2D eigenvalue weighted by Gasteiger charge is -2.31. The minimum Gasteiger partial charge on any atom is -0.494 e. The van der Waals surface area contributed by atoms with Crippen LogP contribution in [0.3, 0.4) is 0 Å². The maximum Gasteiger partial charge on any atom is 0.467 e. The largest absolute Gasteiger partial charge is 0.494 e. The fourth-order valence-corrected chi connectivity index (χ4v) is 5.22. The Balaban J connectivity index is 1.42. The molecule has 0 aromatic heterocycles. The maximum absolute atomic E-state index is 6.40. The van der Waals surface area contributed by atoms with E-state index in [1.54, 1.807) is 0 Å². The highest BCUT2D eigenvalue weighted by atomic mass is 16.7. The van der Waals surface area contributed by atoms with Gasteiger partial charge in [0.1, 0.15) is 17.2 Å². The molecule has 0 atom stereocenters. The third-order valence-electron chi connectivity index (χ3n) is 8.00. The van der Waals surface area contributed by atoms with Crippen molar-refractivity contribution >= 4 is 37.7 Å². The Morgan fingerprint density at radius 1 is 0.378 bits per heavy atom. The molecule has 0 N–H and O–H groups in total. The Morgan fingerprint density at radius 2 is 0.644 bits per heavy atom. The first-order valence-electron chi connectivity index (χ1n) is 17.3. The number of unbranched alkanes of at least 4 members (excludes halogenated alkanes) is 9. The van der Waals surface area contributed by atoms with Gasteiger partial charge in [-0.25, -0.2) is 0 Å². The van der Waals surface area contributed by atoms with E-state index in [2.05, 4.69) is 20.8 Å². The van der Waals surface area contributed by atoms with Gasteiger partial charge in [-0.05, 0) is 72.0 Å². The van der Waals surface area contributed by atoms with Crippen molar-refractivity contribution in [3.05, 3.63) is 72.8 Å². The summed E-state index contributed by atoms with van der Waals surface area (Å²) in [6.07, 6.45) is 14.2. The highest BCUT2D eigenvalue weighted by Crippen LogP contribution is 2.17. The molecule has 0 spiro atoms. The van der Waals surface area contributed by atoms with Gasteiger partial charge in [-0.1, -0.05) is 115 Å². The van der Waals surface area contributed by atoms with Gasteiger partial charge in [0.25, 0.3) is 0 Å². The molecule has 0 radical (unpaired) electrons. The highest BCUT2D eigenvalue weighted by Gasteiger charge is 2.43. The molecule has 1 saturated heterocycles. The second-order valence-electron chi connectivity index (χ2n) is 11.8. The zero-order valence-corrected chi connectivity index (χ0v) is 27.7. The van der Waals surface area contributed by atoms with Crippen LogP contribution in [0.4, 0.5) is 0 Å². The first-order valence-corrected chi connectivity index (χ1v) is 17.3. The van der Waals surface area contributed by atoms with Crippen LogP contribution in [0.5, 0.6) is 17.2 Å². The van der Waals surface area contributed by atoms with E-state index in [0.29, 0.717) is 0 Å². The van der Waals surface area contributed by atoms with E-state index < -0.39 is 21.4 Å². The average molecular weight is 612 g/mol. The monoisotopic (exact) mass is 612 g/mol. The van der Waals surface area contributed by atoms with E-state index in [9.17, 15) is 0 Å². The summed E-state index contributed by atoms with van der Waals surface area (Å²) in [5.74, 6) is 2.56. The van der Waals surface area contributed by atoms with Crippen molar-refractivity contribution in [2.45, 2.75) is 97.8 Å². The van der Waals surface area contributed by atoms with E-state index in [4.69, 9.17) is 27.9 Å². The summed E-state index contributed by atoms with van der Waals surface area (Å²) < 4.78 is 37.1. The molecule has 1 aliphatic rings. The number of rotatable bonds is 21. The maximum atomic E-state index is 6.40. The van der Waals surface area contributed by atoms with Gasteiger partial charge in [-0.3, -0.25) is 0 Å². The third-order valence-corrected chi connectivity index (χ3v) is 8.00. The molecule has 1 heterocycles. The molecule has 0 saturated carbocycles. The third kappa shape index (κ3) is 12.1. The summed E-state index contributed by atoms with van der Waals surface area (Å²) in [6, 6.07) is 24.0. The van der Waals surface area contributed by atoms with Crippen molar-refractivity contribution in [2.24, 2.45) is 0 Å². The zero-order valence-electron chi connectivity index (χ0n) is 27.7. The van der Waals surface area contributed by atoms with Gasteiger partial charge in [0, 0.05) is 0 Å². The van der Waals surface area contributed by atoms with Crippen LogP contribution in [0.15, 0.2) is 72.8 Å². The zero-order chi connectivity index (χ0) is 31.5. The molecule has 3 aromatic rings. The summed E-state index contributed by atoms with van der Waals surface area (Å²) in [4.78, 5) is 0. The molecule has 9 heteroatoms. The molecule has 4 rings (SSSR count). The van der Waals surface area contributed by atoms with Crippen LogP contribution in [-0.2, 0) is 13.7 Å². The quantitative estimate of drug-likeness (QED) is 0.0945. The molecule has 240 valence electrons. The van der Waals surface area contributed by atoms with Gasteiger partial charge >= 0.3 is 21.4 Å². The molecule has 1 aliphatic heterocycles. The molecule has 3 aromatic carbocycles. The van der Waals surface area contributed by atoms with E-state index in [0.717, 1.165) is 72.7 Å². The number of hydrogen-bond donors (Lipinski definition) is 0. The molecule has 6 nitrogen and oxygen atoms in total. The Bertz CT molecular complexity index is 1040. The second kappa shape index (κ2) is 20.3.